The molecule has 1 saturated heterocycles. The predicted molar refractivity (Wildman–Crippen MR) is 125 cm³/mol. The number of likely N-dealkylation sites (N-methyl/N-ethyl adjacent to an activating group) is 1. The highest BCUT2D eigenvalue weighted by Crippen LogP contribution is 2.14. The Kier molecular flexibility index (Phi) is 9.12. The van der Waals surface area contributed by atoms with Crippen LogP contribution in [-0.4, -0.2) is 66.6 Å². The molecule has 2 aromatic rings. The first-order valence-electron chi connectivity index (χ1n) is 11.2. The molecule has 1 aliphatic heterocycles. The molecule has 0 unspecified atom stereocenters. The predicted octanol–water partition coefficient (Wildman–Crippen LogP) is 2.52. The Morgan fingerprint density at radius 3 is 2.37 bits per heavy atom. The van der Waals surface area contributed by atoms with Gasteiger partial charge in [-0.3, -0.25) is 9.88 Å². The molecule has 1 aromatic carbocycles. The normalized spacial score (nSPS) is 15.9. The van der Waals surface area contributed by atoms with Gasteiger partial charge in [0, 0.05) is 64.1 Å². The quantitative estimate of drug-likeness (QED) is 0.493. The lowest BCUT2D eigenvalue weighted by molar-refractivity contribution is 0.131. The lowest BCUT2D eigenvalue weighted by Gasteiger charge is -2.34. The highest BCUT2D eigenvalue weighted by Gasteiger charge is 2.16. The molecular formula is C24H36N6. The summed E-state index contributed by atoms with van der Waals surface area (Å²) in [6.07, 6.45) is 2.72. The molecular weight excluding hydrogens is 372 g/mol. The number of pyridine rings is 1. The third-order valence-corrected chi connectivity index (χ3v) is 5.58. The van der Waals surface area contributed by atoms with Crippen molar-refractivity contribution in [2.24, 2.45) is 4.99 Å². The van der Waals surface area contributed by atoms with Gasteiger partial charge in [0.05, 0.1) is 6.54 Å². The molecule has 6 heteroatoms. The van der Waals surface area contributed by atoms with E-state index in [2.05, 4.69) is 69.6 Å². The fraction of sp³-hybridized carbons (Fsp3) is 0.500. The number of nitrogens with one attached hydrogen (secondary N) is 2. The molecule has 0 aliphatic carbocycles. The first-order valence-corrected chi connectivity index (χ1v) is 11.2. The second-order valence-electron chi connectivity index (χ2n) is 7.67. The van der Waals surface area contributed by atoms with E-state index in [9.17, 15) is 0 Å². The highest BCUT2D eigenvalue weighted by molar-refractivity contribution is 5.79. The zero-order valence-corrected chi connectivity index (χ0v) is 18.5. The Balaban J connectivity index is 1.56. The summed E-state index contributed by atoms with van der Waals surface area (Å²) in [5, 5.41) is 6.79. The van der Waals surface area contributed by atoms with Gasteiger partial charge in [0.2, 0.25) is 0 Å². The summed E-state index contributed by atoms with van der Waals surface area (Å²) in [5.41, 5.74) is 3.78. The number of rotatable bonds is 9. The van der Waals surface area contributed by atoms with E-state index in [1.807, 2.05) is 18.3 Å². The van der Waals surface area contributed by atoms with Gasteiger partial charge >= 0.3 is 0 Å². The molecule has 3 rings (SSSR count). The van der Waals surface area contributed by atoms with E-state index in [0.717, 1.165) is 57.3 Å². The monoisotopic (exact) mass is 408 g/mol. The number of piperazine rings is 1. The van der Waals surface area contributed by atoms with E-state index in [-0.39, 0.29) is 0 Å². The molecule has 0 spiro atoms. The molecule has 1 fully saturated rings. The van der Waals surface area contributed by atoms with Crippen molar-refractivity contribution < 1.29 is 0 Å². The van der Waals surface area contributed by atoms with Gasteiger partial charge in [-0.1, -0.05) is 37.3 Å². The Morgan fingerprint density at radius 1 is 0.933 bits per heavy atom. The second kappa shape index (κ2) is 12.3. The van der Waals surface area contributed by atoms with Crippen molar-refractivity contribution in [3.05, 3.63) is 65.5 Å². The fourth-order valence-electron chi connectivity index (χ4n) is 3.73. The highest BCUT2D eigenvalue weighted by atomic mass is 15.3. The van der Waals surface area contributed by atoms with Gasteiger partial charge in [0.15, 0.2) is 5.96 Å². The minimum absolute atomic E-state index is 0.685. The Labute approximate surface area is 181 Å². The Morgan fingerprint density at radius 2 is 1.67 bits per heavy atom. The maximum Gasteiger partial charge on any atom is 0.191 e. The standard InChI is InChI=1S/C24H36N6/c1-3-25-24(27-14-12-23-11-7-8-13-26-23)28-19-21-9-5-6-10-22(21)20-30-17-15-29(4-2)16-18-30/h5-11,13H,3-4,12,14-20H2,1-2H3,(H2,25,27,28). The summed E-state index contributed by atoms with van der Waals surface area (Å²) in [6.45, 7) is 13.5. The largest absolute Gasteiger partial charge is 0.357 e. The van der Waals surface area contributed by atoms with Gasteiger partial charge in [-0.2, -0.15) is 0 Å². The van der Waals surface area contributed by atoms with Gasteiger partial charge in [0.1, 0.15) is 0 Å². The van der Waals surface area contributed by atoms with Gasteiger partial charge < -0.3 is 15.5 Å². The average molecular weight is 409 g/mol. The summed E-state index contributed by atoms with van der Waals surface area (Å²) in [5.74, 6) is 0.861. The maximum atomic E-state index is 4.84. The van der Waals surface area contributed by atoms with Gasteiger partial charge in [-0.05, 0) is 36.7 Å². The molecule has 0 amide bonds. The van der Waals surface area contributed by atoms with E-state index >= 15 is 0 Å². The lowest BCUT2D eigenvalue weighted by Crippen LogP contribution is -2.45. The molecule has 0 radical (unpaired) electrons. The molecule has 0 saturated carbocycles. The number of nitrogens with zero attached hydrogens (tertiary/aromatic N) is 4. The van der Waals surface area contributed by atoms with Gasteiger partial charge in [-0.15, -0.1) is 0 Å². The zero-order chi connectivity index (χ0) is 21.0. The van der Waals surface area contributed by atoms with Gasteiger partial charge in [-0.25, -0.2) is 4.99 Å². The van der Waals surface area contributed by atoms with Crippen LogP contribution in [0.1, 0.15) is 30.7 Å². The van der Waals surface area contributed by atoms with Crippen molar-refractivity contribution >= 4 is 5.96 Å². The molecule has 0 atom stereocenters. The number of hydrogen-bond donors (Lipinski definition) is 2. The van der Waals surface area contributed by atoms with Crippen LogP contribution >= 0.6 is 0 Å². The SMILES string of the molecule is CCNC(=NCc1ccccc1CN1CCN(CC)CC1)NCCc1ccccn1. The topological polar surface area (TPSA) is 55.8 Å². The molecule has 30 heavy (non-hydrogen) atoms. The molecule has 1 aliphatic rings. The molecule has 1 aromatic heterocycles. The number of benzene rings is 1. The third kappa shape index (κ3) is 7.11. The van der Waals surface area contributed by atoms with Crippen molar-refractivity contribution in [1.29, 1.82) is 0 Å². The van der Waals surface area contributed by atoms with E-state index in [1.54, 1.807) is 0 Å². The summed E-state index contributed by atoms with van der Waals surface area (Å²) in [7, 11) is 0. The summed E-state index contributed by atoms with van der Waals surface area (Å²) in [4.78, 5) is 14.3. The van der Waals surface area contributed by atoms with E-state index in [1.165, 1.54) is 24.2 Å². The number of aliphatic imine (C=N–C) groups is 1. The summed E-state index contributed by atoms with van der Waals surface area (Å²) >= 11 is 0. The first kappa shape index (κ1) is 22.2. The van der Waals surface area contributed by atoms with Crippen LogP contribution in [0.15, 0.2) is 53.7 Å². The van der Waals surface area contributed by atoms with Gasteiger partial charge in [0.25, 0.3) is 0 Å². The fourth-order valence-corrected chi connectivity index (χ4v) is 3.73. The van der Waals surface area contributed by atoms with Crippen LogP contribution < -0.4 is 10.6 Å². The molecule has 6 nitrogen and oxygen atoms in total. The summed E-state index contributed by atoms with van der Waals surface area (Å²) in [6, 6.07) is 14.7. The van der Waals surface area contributed by atoms with Crippen molar-refractivity contribution in [3.63, 3.8) is 0 Å². The summed E-state index contributed by atoms with van der Waals surface area (Å²) < 4.78 is 0. The molecule has 0 bridgehead atoms. The number of hydrogen-bond acceptors (Lipinski definition) is 4. The zero-order valence-electron chi connectivity index (χ0n) is 18.5. The first-order chi connectivity index (χ1) is 14.8. The van der Waals surface area contributed by atoms with Crippen molar-refractivity contribution in [2.45, 2.75) is 33.4 Å². The Hall–Kier alpha value is -2.44. The van der Waals surface area contributed by atoms with E-state index in [0.29, 0.717) is 6.54 Å². The van der Waals surface area contributed by atoms with Crippen molar-refractivity contribution in [3.8, 4) is 0 Å². The molecule has 2 heterocycles. The van der Waals surface area contributed by atoms with Crippen molar-refractivity contribution in [2.75, 3.05) is 45.8 Å². The van der Waals surface area contributed by atoms with Crippen molar-refractivity contribution in [1.82, 2.24) is 25.4 Å². The van der Waals surface area contributed by atoms with Crippen LogP contribution in [0.2, 0.25) is 0 Å². The lowest BCUT2D eigenvalue weighted by atomic mass is 10.1. The number of aromatic nitrogens is 1. The minimum atomic E-state index is 0.685. The van der Waals surface area contributed by atoms with Crippen LogP contribution in [0.4, 0.5) is 0 Å². The van der Waals surface area contributed by atoms with E-state index in [4.69, 9.17) is 4.99 Å². The van der Waals surface area contributed by atoms with Crippen LogP contribution in [0.3, 0.4) is 0 Å². The number of guanidine groups is 1. The molecule has 2 N–H and O–H groups in total. The van der Waals surface area contributed by atoms with E-state index < -0.39 is 0 Å². The second-order valence-corrected chi connectivity index (χ2v) is 7.67. The third-order valence-electron chi connectivity index (χ3n) is 5.58. The average Bonchev–Trinajstić information content (AvgIpc) is 2.79. The van der Waals surface area contributed by atoms with Crippen LogP contribution in [0, 0.1) is 0 Å². The van der Waals surface area contributed by atoms with Crippen LogP contribution in [0.25, 0.3) is 0 Å². The maximum absolute atomic E-state index is 4.84. The molecule has 162 valence electrons. The van der Waals surface area contributed by atoms with Crippen LogP contribution in [-0.2, 0) is 19.5 Å². The minimum Gasteiger partial charge on any atom is -0.357 e. The Bertz CT molecular complexity index is 768. The smallest absolute Gasteiger partial charge is 0.191 e. The van der Waals surface area contributed by atoms with Crippen LogP contribution in [0.5, 0.6) is 0 Å².